The maximum atomic E-state index is 13.8. The van der Waals surface area contributed by atoms with E-state index in [4.69, 9.17) is 9.31 Å². The van der Waals surface area contributed by atoms with Gasteiger partial charge in [0.1, 0.15) is 19.9 Å². The summed E-state index contributed by atoms with van der Waals surface area (Å²) in [5.74, 6) is -1.53. The third-order valence-corrected chi connectivity index (χ3v) is 11.0. The molecular weight excluding hydrogens is 693 g/mol. The molecule has 1 aliphatic rings. The molecular formula is C34H52BN6O8P2+. The first-order chi connectivity index (χ1) is 24.5. The van der Waals surface area contributed by atoms with Crippen molar-refractivity contribution < 1.29 is 38.0 Å². The van der Waals surface area contributed by atoms with E-state index in [1.807, 2.05) is 30.3 Å². The van der Waals surface area contributed by atoms with Gasteiger partial charge in [-0.25, -0.2) is 4.98 Å². The van der Waals surface area contributed by atoms with Crippen LogP contribution < -0.4 is 16.0 Å². The van der Waals surface area contributed by atoms with Crippen molar-refractivity contribution in [2.75, 3.05) is 39.5 Å². The molecule has 0 spiro atoms. The molecule has 0 bridgehead atoms. The molecule has 51 heavy (non-hydrogen) atoms. The lowest BCUT2D eigenvalue weighted by molar-refractivity contribution is -0.122. The first-order valence-electron chi connectivity index (χ1n) is 17.5. The van der Waals surface area contributed by atoms with E-state index in [-0.39, 0.29) is 23.9 Å². The quantitative estimate of drug-likeness (QED) is 0.124. The number of nitrogens with zero attached hydrogens (tertiary/aromatic N) is 3. The SMILES string of the molecule is CC(C)C[C@@H](NC(=O)C(/C=C/c1ccccc1)NC(=O)c1cnccn1)B1OCCCCN(CCCC(=O)NC(P(C)O)[P+](=O)O)CCCCO1. The van der Waals surface area contributed by atoms with Crippen LogP contribution in [0, 0.1) is 5.92 Å². The summed E-state index contributed by atoms with van der Waals surface area (Å²) in [5.41, 5.74) is -0.141. The third-order valence-electron chi connectivity index (χ3n) is 8.06. The van der Waals surface area contributed by atoms with Crippen molar-refractivity contribution in [2.45, 2.75) is 76.3 Å². The Kier molecular flexibility index (Phi) is 19.4. The zero-order valence-electron chi connectivity index (χ0n) is 29.7. The normalized spacial score (nSPS) is 17.8. The zero-order valence-corrected chi connectivity index (χ0v) is 31.5. The standard InChI is InChI=1S/C34H51BN6O8P2/c1-26(2)24-30(39-32(43)28(16-15-27-12-5-4-6-13-27)38-33(44)29-25-36-17-18-37-29)35-48-22-9-7-19-41(20-8-10-23-49-35)21-11-14-31(42)40-34(50(3)45)51(46)47/h4-6,12-13,15-18,25-26,28,30,34,45H,7-11,14,19-24H2,1-3H3,(H3-,38,39,40,42,43,44,46,47)/p+1/b16-15+/t28?,30-,34?,50?/m1/s1. The number of aromatic nitrogens is 2. The predicted octanol–water partition coefficient (Wildman–Crippen LogP) is 3.69. The van der Waals surface area contributed by atoms with Crippen molar-refractivity contribution in [2.24, 2.45) is 5.92 Å². The van der Waals surface area contributed by atoms with E-state index in [1.165, 1.54) is 25.3 Å². The van der Waals surface area contributed by atoms with Crippen molar-refractivity contribution in [3.63, 3.8) is 0 Å². The second-order valence-corrected chi connectivity index (χ2v) is 16.0. The van der Waals surface area contributed by atoms with Gasteiger partial charge in [0.05, 0.1) is 12.1 Å². The summed E-state index contributed by atoms with van der Waals surface area (Å²) in [6, 6.07) is 8.50. The summed E-state index contributed by atoms with van der Waals surface area (Å²) in [4.78, 5) is 68.6. The fourth-order valence-electron chi connectivity index (χ4n) is 5.48. The average molecular weight is 746 g/mol. The molecule has 2 aromatic rings. The van der Waals surface area contributed by atoms with E-state index in [0.29, 0.717) is 32.6 Å². The van der Waals surface area contributed by atoms with Crippen LogP contribution in [-0.2, 0) is 23.5 Å². The molecule has 1 fully saturated rings. The summed E-state index contributed by atoms with van der Waals surface area (Å²) < 4.78 is 24.0. The summed E-state index contributed by atoms with van der Waals surface area (Å²) in [5, 5.41) is 8.38. The monoisotopic (exact) mass is 745 g/mol. The Bertz CT molecular complexity index is 1380. The number of nitrogens with one attached hydrogen (secondary N) is 3. The Morgan fingerprint density at radius 3 is 2.31 bits per heavy atom. The number of hydrogen-bond acceptors (Lipinski definition) is 10. The van der Waals surface area contributed by atoms with Crippen LogP contribution >= 0.6 is 16.2 Å². The Labute approximate surface area is 303 Å². The van der Waals surface area contributed by atoms with E-state index in [0.717, 1.165) is 44.3 Å². The minimum Gasteiger partial charge on any atom is -0.410 e. The highest BCUT2D eigenvalue weighted by atomic mass is 31.2. The van der Waals surface area contributed by atoms with Gasteiger partial charge in [-0.1, -0.05) is 56.3 Å². The van der Waals surface area contributed by atoms with Gasteiger partial charge >= 0.3 is 20.7 Å². The molecule has 3 amide bonds. The minimum atomic E-state index is -2.70. The smallest absolute Gasteiger partial charge is 0.410 e. The van der Waals surface area contributed by atoms with Gasteiger partial charge in [-0.15, -0.1) is 0 Å². The molecule has 5 atom stereocenters. The summed E-state index contributed by atoms with van der Waals surface area (Å²) in [6.07, 6.45) is 12.3. The lowest BCUT2D eigenvalue weighted by atomic mass is 9.73. The molecule has 14 nitrogen and oxygen atoms in total. The van der Waals surface area contributed by atoms with Gasteiger partial charge in [0.15, 0.2) is 0 Å². The maximum Gasteiger partial charge on any atom is 0.537 e. The van der Waals surface area contributed by atoms with Gasteiger partial charge in [-0.3, -0.25) is 19.4 Å². The summed E-state index contributed by atoms with van der Waals surface area (Å²) in [7, 11) is -5.14. The van der Waals surface area contributed by atoms with Crippen LogP contribution in [0.25, 0.3) is 6.08 Å². The van der Waals surface area contributed by atoms with Crippen molar-refractivity contribution in [3.8, 4) is 0 Å². The number of hydrogen-bond donors (Lipinski definition) is 5. The van der Waals surface area contributed by atoms with Crippen molar-refractivity contribution in [3.05, 3.63) is 66.3 Å². The molecule has 2 heterocycles. The van der Waals surface area contributed by atoms with E-state index >= 15 is 0 Å². The lowest BCUT2D eigenvalue weighted by Gasteiger charge is -2.28. The molecule has 17 heteroatoms. The molecule has 278 valence electrons. The fraction of sp³-hybridized carbons (Fsp3) is 0.559. The average Bonchev–Trinajstić information content (AvgIpc) is 3.10. The second-order valence-electron chi connectivity index (χ2n) is 12.8. The Morgan fingerprint density at radius 1 is 1.04 bits per heavy atom. The van der Waals surface area contributed by atoms with Gasteiger partial charge < -0.3 is 35.1 Å². The highest BCUT2D eigenvalue weighted by Gasteiger charge is 2.36. The third kappa shape index (κ3) is 16.4. The molecule has 0 radical (unpaired) electrons. The molecule has 5 N–H and O–H groups in total. The molecule has 3 rings (SSSR count). The fourth-order valence-corrected chi connectivity index (χ4v) is 7.21. The number of rotatable bonds is 16. The predicted molar refractivity (Wildman–Crippen MR) is 199 cm³/mol. The molecule has 0 aliphatic carbocycles. The highest BCUT2D eigenvalue weighted by Crippen LogP contribution is 2.43. The second kappa shape index (κ2) is 23.4. The topological polar surface area (TPSA) is 192 Å². The number of benzene rings is 1. The van der Waals surface area contributed by atoms with Gasteiger partial charge in [0.2, 0.25) is 11.8 Å². The van der Waals surface area contributed by atoms with E-state index in [2.05, 4.69) is 44.7 Å². The van der Waals surface area contributed by atoms with Crippen LogP contribution in [0.3, 0.4) is 0 Å². The lowest BCUT2D eigenvalue weighted by Crippen LogP contribution is -2.55. The molecule has 1 aromatic heterocycles. The van der Waals surface area contributed by atoms with E-state index in [1.54, 1.807) is 12.2 Å². The number of carbonyl (C=O) groups excluding carboxylic acids is 3. The molecule has 1 aromatic carbocycles. The number of amides is 3. The van der Waals surface area contributed by atoms with Crippen LogP contribution in [0.4, 0.5) is 0 Å². The number of carbonyl (C=O) groups is 3. The maximum absolute atomic E-state index is 13.8. The molecule has 1 aliphatic heterocycles. The van der Waals surface area contributed by atoms with Crippen molar-refractivity contribution in [1.82, 2.24) is 30.8 Å². The van der Waals surface area contributed by atoms with Crippen LogP contribution in [0.15, 0.2) is 55.0 Å². The zero-order chi connectivity index (χ0) is 37.0. The van der Waals surface area contributed by atoms with Gasteiger partial charge in [0, 0.05) is 32.0 Å². The first-order valence-corrected chi connectivity index (χ1v) is 20.5. The Hall–Kier alpha value is -3.16. The van der Waals surface area contributed by atoms with Crippen LogP contribution in [-0.4, -0.2) is 107 Å². The molecule has 1 saturated heterocycles. The Balaban J connectivity index is 1.60. The van der Waals surface area contributed by atoms with Crippen molar-refractivity contribution >= 4 is 47.1 Å². The first kappa shape index (κ1) is 42.3. The van der Waals surface area contributed by atoms with Gasteiger partial charge in [-0.2, -0.15) is 4.89 Å². The Morgan fingerprint density at radius 2 is 1.73 bits per heavy atom. The summed E-state index contributed by atoms with van der Waals surface area (Å²) in [6.45, 7) is 8.76. The van der Waals surface area contributed by atoms with Crippen molar-refractivity contribution in [1.29, 1.82) is 0 Å². The minimum absolute atomic E-state index is 0.0980. The largest absolute Gasteiger partial charge is 0.537 e. The van der Waals surface area contributed by atoms with Crippen LogP contribution in [0.5, 0.6) is 0 Å². The van der Waals surface area contributed by atoms with E-state index < -0.39 is 52.6 Å². The summed E-state index contributed by atoms with van der Waals surface area (Å²) >= 11 is 0. The van der Waals surface area contributed by atoms with E-state index in [9.17, 15) is 28.7 Å². The van der Waals surface area contributed by atoms with Gasteiger partial charge in [-0.05, 0) is 80.9 Å². The highest BCUT2D eigenvalue weighted by molar-refractivity contribution is 7.64. The van der Waals surface area contributed by atoms with Crippen LogP contribution in [0.2, 0.25) is 0 Å². The molecule has 0 saturated carbocycles. The van der Waals surface area contributed by atoms with Crippen LogP contribution in [0.1, 0.15) is 74.8 Å². The molecule has 4 unspecified atom stereocenters. The van der Waals surface area contributed by atoms with Gasteiger partial charge in [0.25, 0.3) is 5.91 Å².